The molecule has 146 valence electrons. The fourth-order valence-corrected chi connectivity index (χ4v) is 4.55. The number of carbonyl (C=O) groups excluding carboxylic acids is 2. The lowest BCUT2D eigenvalue weighted by atomic mass is 9.44. The van der Waals surface area contributed by atoms with Crippen LogP contribution in [0.4, 0.5) is 4.39 Å². The Bertz CT molecular complexity index is 770. The highest BCUT2D eigenvalue weighted by Gasteiger charge is 2.69. The molecule has 1 unspecified atom stereocenters. The van der Waals surface area contributed by atoms with E-state index in [9.17, 15) is 14.0 Å². The molecule has 1 heterocycles. The van der Waals surface area contributed by atoms with Gasteiger partial charge in [-0.15, -0.1) is 0 Å². The van der Waals surface area contributed by atoms with Crippen molar-refractivity contribution in [3.8, 4) is 5.75 Å². The summed E-state index contributed by atoms with van der Waals surface area (Å²) in [5, 5.41) is 7.96. The molecule has 7 nitrogen and oxygen atoms in total. The molecule has 0 aromatic heterocycles. The zero-order valence-corrected chi connectivity index (χ0v) is 15.7. The lowest BCUT2D eigenvalue weighted by molar-refractivity contribution is -0.152. The molecule has 1 aromatic rings. The van der Waals surface area contributed by atoms with Gasteiger partial charge in [0.05, 0.1) is 5.02 Å². The highest BCUT2D eigenvalue weighted by atomic mass is 35.5. The minimum atomic E-state index is -0.588. The third kappa shape index (κ3) is 3.49. The van der Waals surface area contributed by atoms with E-state index in [1.807, 2.05) is 12.1 Å². The Morgan fingerprint density at radius 3 is 2.67 bits per heavy atom. The Morgan fingerprint density at radius 1 is 1.33 bits per heavy atom. The minimum absolute atomic E-state index is 0.00703. The predicted octanol–water partition coefficient (Wildman–Crippen LogP) is 0.974. The van der Waals surface area contributed by atoms with Crippen molar-refractivity contribution in [1.82, 2.24) is 21.1 Å². The van der Waals surface area contributed by atoms with Gasteiger partial charge in [0.25, 0.3) is 5.91 Å². The number of benzene rings is 1. The summed E-state index contributed by atoms with van der Waals surface area (Å²) in [5.41, 5.74) is 2.69. The zero-order valence-electron chi connectivity index (χ0n) is 15.0. The lowest BCUT2D eigenvalue weighted by Crippen LogP contribution is -2.84. The van der Waals surface area contributed by atoms with Gasteiger partial charge in [0, 0.05) is 30.7 Å². The second-order valence-electron chi connectivity index (χ2n) is 7.82. The molecule has 0 spiro atoms. The Hall–Kier alpha value is -1.90. The van der Waals surface area contributed by atoms with Crippen LogP contribution in [0.1, 0.15) is 25.7 Å². The van der Waals surface area contributed by atoms with E-state index in [0.29, 0.717) is 0 Å². The molecule has 9 heteroatoms. The molecule has 2 bridgehead atoms. The average Bonchev–Trinajstić information content (AvgIpc) is 2.99. The van der Waals surface area contributed by atoms with E-state index in [4.69, 9.17) is 16.3 Å². The first-order valence-corrected chi connectivity index (χ1v) is 9.35. The van der Waals surface area contributed by atoms with Crippen LogP contribution in [-0.4, -0.2) is 54.1 Å². The highest BCUT2D eigenvalue weighted by Crippen LogP contribution is 2.60. The minimum Gasteiger partial charge on any atom is -0.484 e. The zero-order chi connectivity index (χ0) is 19.2. The molecular weight excluding hydrogens is 375 g/mol. The van der Waals surface area contributed by atoms with E-state index in [1.54, 1.807) is 0 Å². The molecular formula is C18H22ClFN4O3. The summed E-state index contributed by atoms with van der Waals surface area (Å²) < 4.78 is 18.7. The number of likely N-dealkylation sites (N-methyl/N-ethyl adjacent to an activating group) is 1. The van der Waals surface area contributed by atoms with Crippen molar-refractivity contribution in [3.05, 3.63) is 29.0 Å². The highest BCUT2D eigenvalue weighted by molar-refractivity contribution is 6.30. The molecule has 3 saturated carbocycles. The van der Waals surface area contributed by atoms with Gasteiger partial charge in [0.1, 0.15) is 17.6 Å². The molecule has 1 saturated heterocycles. The summed E-state index contributed by atoms with van der Waals surface area (Å²) in [7, 11) is 1.87. The number of rotatable bonds is 6. The number of nitrogens with zero attached hydrogens (tertiary/aromatic N) is 1. The third-order valence-corrected chi connectivity index (χ3v) is 5.94. The monoisotopic (exact) mass is 396 g/mol. The van der Waals surface area contributed by atoms with Gasteiger partial charge in [0.2, 0.25) is 5.91 Å². The summed E-state index contributed by atoms with van der Waals surface area (Å²) in [6.07, 6.45) is 2.99. The van der Waals surface area contributed by atoms with Crippen molar-refractivity contribution in [3.63, 3.8) is 0 Å². The van der Waals surface area contributed by atoms with Crippen molar-refractivity contribution in [2.75, 3.05) is 20.2 Å². The maximum Gasteiger partial charge on any atom is 0.258 e. The molecule has 2 amide bonds. The molecule has 5 rings (SSSR count). The Kier molecular flexibility index (Phi) is 4.52. The number of hydrazine groups is 1. The van der Waals surface area contributed by atoms with Crippen LogP contribution in [0.5, 0.6) is 5.75 Å². The summed E-state index contributed by atoms with van der Waals surface area (Å²) in [6.45, 7) is 0.611. The van der Waals surface area contributed by atoms with Crippen LogP contribution in [0.3, 0.4) is 0 Å². The normalized spacial score (nSPS) is 31.6. The average molecular weight is 397 g/mol. The van der Waals surface area contributed by atoms with Crippen LogP contribution in [0.2, 0.25) is 5.02 Å². The van der Waals surface area contributed by atoms with E-state index in [0.717, 1.165) is 38.3 Å². The molecule has 3 aliphatic carbocycles. The molecule has 0 radical (unpaired) electrons. The van der Waals surface area contributed by atoms with Gasteiger partial charge >= 0.3 is 0 Å². The van der Waals surface area contributed by atoms with Crippen LogP contribution in [0, 0.1) is 5.82 Å². The Labute approximate surface area is 161 Å². The van der Waals surface area contributed by atoms with Gasteiger partial charge in [-0.25, -0.2) is 9.40 Å². The molecule has 1 aliphatic heterocycles. The number of hydrogen-bond donors (Lipinski definition) is 3. The van der Waals surface area contributed by atoms with Crippen LogP contribution in [-0.2, 0) is 9.59 Å². The maximum absolute atomic E-state index is 13.4. The molecule has 3 N–H and O–H groups in total. The SMILES string of the molecule is CN1NCCC1C(=O)NC12CC(NC(=O)COc3ccc(Cl)c(F)c3)(C1)C2. The molecule has 27 heavy (non-hydrogen) atoms. The van der Waals surface area contributed by atoms with Crippen molar-refractivity contribution in [1.29, 1.82) is 0 Å². The molecule has 4 aliphatic rings. The Balaban J connectivity index is 1.21. The fourth-order valence-electron chi connectivity index (χ4n) is 4.43. The standard InChI is InChI=1S/C18H22ClFN4O3/c1-24-14(4-5-21-24)16(26)23-18-8-17(9-18,10-18)22-15(25)7-27-11-2-3-12(19)13(20)6-11/h2-3,6,14,21H,4-5,7-10H2,1H3,(H,22,25)(H,23,26). The first kappa shape index (κ1) is 18.5. The first-order valence-electron chi connectivity index (χ1n) is 8.97. The molecule has 1 aromatic carbocycles. The predicted molar refractivity (Wildman–Crippen MR) is 96.7 cm³/mol. The number of hydrogen-bond acceptors (Lipinski definition) is 5. The number of ether oxygens (including phenoxy) is 1. The second kappa shape index (κ2) is 6.61. The van der Waals surface area contributed by atoms with E-state index < -0.39 is 5.82 Å². The summed E-state index contributed by atoms with van der Waals surface area (Å²) in [6, 6.07) is 3.90. The van der Waals surface area contributed by atoms with Crippen LogP contribution >= 0.6 is 11.6 Å². The summed E-state index contributed by atoms with van der Waals surface area (Å²) in [4.78, 5) is 24.5. The van der Waals surface area contributed by atoms with Gasteiger partial charge in [-0.1, -0.05) is 11.6 Å². The summed E-state index contributed by atoms with van der Waals surface area (Å²) in [5.74, 6) is -0.558. The van der Waals surface area contributed by atoms with E-state index in [-0.39, 0.29) is 46.3 Å². The maximum atomic E-state index is 13.4. The van der Waals surface area contributed by atoms with Crippen molar-refractivity contribution in [2.24, 2.45) is 0 Å². The largest absolute Gasteiger partial charge is 0.484 e. The topological polar surface area (TPSA) is 82.7 Å². The van der Waals surface area contributed by atoms with Crippen molar-refractivity contribution < 1.29 is 18.7 Å². The van der Waals surface area contributed by atoms with Gasteiger partial charge in [0.15, 0.2) is 6.61 Å². The van der Waals surface area contributed by atoms with Crippen LogP contribution in [0.25, 0.3) is 0 Å². The quantitative estimate of drug-likeness (QED) is 0.667. The van der Waals surface area contributed by atoms with Gasteiger partial charge in [-0.05, 0) is 37.8 Å². The second-order valence-corrected chi connectivity index (χ2v) is 8.22. The summed E-state index contributed by atoms with van der Waals surface area (Å²) >= 11 is 5.61. The third-order valence-electron chi connectivity index (χ3n) is 5.63. The van der Waals surface area contributed by atoms with Crippen LogP contribution in [0.15, 0.2) is 18.2 Å². The smallest absolute Gasteiger partial charge is 0.258 e. The number of amides is 2. The van der Waals surface area contributed by atoms with E-state index in [1.165, 1.54) is 12.1 Å². The van der Waals surface area contributed by atoms with Crippen molar-refractivity contribution in [2.45, 2.75) is 42.8 Å². The fraction of sp³-hybridized carbons (Fsp3) is 0.556. The van der Waals surface area contributed by atoms with Gasteiger partial charge in [-0.2, -0.15) is 0 Å². The molecule has 1 atom stereocenters. The van der Waals surface area contributed by atoms with Crippen LogP contribution < -0.4 is 20.8 Å². The Morgan fingerprint density at radius 2 is 2.04 bits per heavy atom. The van der Waals surface area contributed by atoms with Gasteiger partial charge < -0.3 is 15.4 Å². The van der Waals surface area contributed by atoms with Crippen molar-refractivity contribution >= 4 is 23.4 Å². The number of nitrogens with one attached hydrogen (secondary N) is 3. The van der Waals surface area contributed by atoms with E-state index >= 15 is 0 Å². The van der Waals surface area contributed by atoms with E-state index in [2.05, 4.69) is 16.1 Å². The number of halogens is 2. The molecule has 4 fully saturated rings. The van der Waals surface area contributed by atoms with Gasteiger partial charge in [-0.3, -0.25) is 15.0 Å². The first-order chi connectivity index (χ1) is 12.8. The number of carbonyl (C=O) groups is 2. The lowest BCUT2D eigenvalue weighted by Gasteiger charge is -2.70.